The average molecular weight is 226 g/mol. The highest BCUT2D eigenvalue weighted by molar-refractivity contribution is 5.81. The van der Waals surface area contributed by atoms with Crippen molar-refractivity contribution in [3.63, 3.8) is 0 Å². The van der Waals surface area contributed by atoms with Crippen molar-refractivity contribution in [2.45, 2.75) is 57.7 Å². The van der Waals surface area contributed by atoms with Gasteiger partial charge in [0.1, 0.15) is 6.10 Å². The van der Waals surface area contributed by atoms with Crippen LogP contribution in [0.4, 0.5) is 0 Å². The molecule has 3 atom stereocenters. The Morgan fingerprint density at radius 2 is 2.19 bits per heavy atom. The maximum Gasteiger partial charge on any atom is 0.249 e. The van der Waals surface area contributed by atoms with E-state index in [0.29, 0.717) is 6.61 Å². The molecule has 0 spiro atoms. The second-order valence-electron chi connectivity index (χ2n) is 5.58. The number of carbonyl (C=O) groups excluding carboxylic acids is 1. The molecule has 92 valence electrons. The summed E-state index contributed by atoms with van der Waals surface area (Å²) >= 11 is 0. The zero-order valence-corrected chi connectivity index (χ0v) is 10.2. The first-order chi connectivity index (χ1) is 7.51. The van der Waals surface area contributed by atoms with Crippen molar-refractivity contribution in [3.8, 4) is 0 Å². The van der Waals surface area contributed by atoms with Gasteiger partial charge >= 0.3 is 0 Å². The van der Waals surface area contributed by atoms with Gasteiger partial charge in [-0.2, -0.15) is 0 Å². The third-order valence-electron chi connectivity index (χ3n) is 4.13. The third-order valence-corrected chi connectivity index (χ3v) is 4.13. The van der Waals surface area contributed by atoms with Crippen LogP contribution in [0.5, 0.6) is 0 Å². The zero-order valence-electron chi connectivity index (χ0n) is 10.2. The van der Waals surface area contributed by atoms with Crippen LogP contribution < -0.4 is 11.1 Å². The zero-order chi connectivity index (χ0) is 11.8. The molecule has 2 aliphatic rings. The van der Waals surface area contributed by atoms with Crippen LogP contribution in [0.1, 0.15) is 39.5 Å². The second kappa shape index (κ2) is 4.34. The molecule has 0 aromatic carbocycles. The first-order valence-electron chi connectivity index (χ1n) is 6.19. The van der Waals surface area contributed by atoms with E-state index in [1.807, 2.05) is 0 Å². The van der Waals surface area contributed by atoms with Crippen LogP contribution in [0, 0.1) is 5.41 Å². The van der Waals surface area contributed by atoms with Gasteiger partial charge in [-0.15, -0.1) is 0 Å². The van der Waals surface area contributed by atoms with Gasteiger partial charge in [0.15, 0.2) is 0 Å². The van der Waals surface area contributed by atoms with Gasteiger partial charge in [-0.25, -0.2) is 0 Å². The summed E-state index contributed by atoms with van der Waals surface area (Å²) in [5, 5.41) is 3.06. The lowest BCUT2D eigenvalue weighted by molar-refractivity contribution is -0.138. The van der Waals surface area contributed by atoms with E-state index in [0.717, 1.165) is 25.7 Å². The summed E-state index contributed by atoms with van der Waals surface area (Å²) in [6, 6.07) is 0.408. The number of nitrogens with one attached hydrogen (secondary N) is 1. The number of carbonyl (C=O) groups is 1. The van der Waals surface area contributed by atoms with Crippen LogP contribution in [-0.4, -0.2) is 30.7 Å². The van der Waals surface area contributed by atoms with Gasteiger partial charge in [0, 0.05) is 24.1 Å². The molecule has 0 radical (unpaired) electrons. The Morgan fingerprint density at radius 1 is 1.44 bits per heavy atom. The number of amides is 1. The van der Waals surface area contributed by atoms with Gasteiger partial charge in [-0.1, -0.05) is 13.8 Å². The molecule has 0 bridgehead atoms. The Morgan fingerprint density at radius 3 is 2.69 bits per heavy atom. The molecule has 1 aliphatic heterocycles. The van der Waals surface area contributed by atoms with Crippen molar-refractivity contribution in [3.05, 3.63) is 0 Å². The van der Waals surface area contributed by atoms with Crippen molar-refractivity contribution in [1.82, 2.24) is 5.32 Å². The van der Waals surface area contributed by atoms with Gasteiger partial charge in [0.2, 0.25) is 5.91 Å². The maximum atomic E-state index is 11.9. The van der Waals surface area contributed by atoms with E-state index in [1.54, 1.807) is 0 Å². The molecule has 0 aromatic rings. The maximum absolute atomic E-state index is 11.9. The fourth-order valence-electron chi connectivity index (χ4n) is 2.42. The van der Waals surface area contributed by atoms with Crippen molar-refractivity contribution >= 4 is 5.91 Å². The van der Waals surface area contributed by atoms with Gasteiger partial charge < -0.3 is 15.8 Å². The molecule has 1 aliphatic carbocycles. The monoisotopic (exact) mass is 226 g/mol. The molecule has 2 rings (SSSR count). The Balaban J connectivity index is 1.83. The summed E-state index contributed by atoms with van der Waals surface area (Å²) < 4.78 is 5.46. The first-order valence-corrected chi connectivity index (χ1v) is 6.19. The molecule has 1 heterocycles. The highest BCUT2D eigenvalue weighted by Gasteiger charge is 2.47. The topological polar surface area (TPSA) is 64.3 Å². The predicted molar refractivity (Wildman–Crippen MR) is 61.9 cm³/mol. The summed E-state index contributed by atoms with van der Waals surface area (Å²) in [6.45, 7) is 4.92. The van der Waals surface area contributed by atoms with E-state index >= 15 is 0 Å². The minimum absolute atomic E-state index is 0.0182. The van der Waals surface area contributed by atoms with E-state index in [2.05, 4.69) is 19.2 Å². The Labute approximate surface area is 96.9 Å². The highest BCUT2D eigenvalue weighted by Crippen LogP contribution is 2.39. The quantitative estimate of drug-likeness (QED) is 0.732. The van der Waals surface area contributed by atoms with Gasteiger partial charge in [-0.05, 0) is 25.7 Å². The molecule has 4 nitrogen and oxygen atoms in total. The molecule has 16 heavy (non-hydrogen) atoms. The van der Waals surface area contributed by atoms with Crippen LogP contribution in [0.3, 0.4) is 0 Å². The van der Waals surface area contributed by atoms with E-state index in [1.165, 1.54) is 0 Å². The van der Waals surface area contributed by atoms with Gasteiger partial charge in [0.25, 0.3) is 0 Å². The van der Waals surface area contributed by atoms with Crippen LogP contribution in [0.15, 0.2) is 0 Å². The van der Waals surface area contributed by atoms with E-state index in [-0.39, 0.29) is 29.5 Å². The minimum Gasteiger partial charge on any atom is -0.368 e. The fraction of sp³-hybridized carbons (Fsp3) is 0.917. The van der Waals surface area contributed by atoms with Gasteiger partial charge in [-0.3, -0.25) is 4.79 Å². The lowest BCUT2D eigenvalue weighted by atomic mass is 9.63. The molecule has 3 unspecified atom stereocenters. The molecule has 1 saturated heterocycles. The van der Waals surface area contributed by atoms with Crippen molar-refractivity contribution in [2.24, 2.45) is 11.1 Å². The summed E-state index contributed by atoms with van der Waals surface area (Å²) in [6.07, 6.45) is 3.66. The molecule has 1 saturated carbocycles. The Kier molecular flexibility index (Phi) is 3.22. The average Bonchev–Trinajstić information content (AvgIpc) is 2.29. The lowest BCUT2D eigenvalue weighted by Gasteiger charge is -2.50. The molecule has 0 aromatic heterocycles. The summed E-state index contributed by atoms with van der Waals surface area (Å²) in [4.78, 5) is 11.9. The minimum atomic E-state index is -0.235. The Hall–Kier alpha value is -0.610. The SMILES string of the molecule is CC1(C)C(N)CC1NC(=O)C1CCCCO1. The summed E-state index contributed by atoms with van der Waals surface area (Å²) in [5.41, 5.74) is 5.94. The van der Waals surface area contributed by atoms with E-state index in [4.69, 9.17) is 10.5 Å². The van der Waals surface area contributed by atoms with E-state index < -0.39 is 0 Å². The van der Waals surface area contributed by atoms with Crippen LogP contribution >= 0.6 is 0 Å². The fourth-order valence-corrected chi connectivity index (χ4v) is 2.42. The molecular weight excluding hydrogens is 204 g/mol. The second-order valence-corrected chi connectivity index (χ2v) is 5.58. The number of hydrogen-bond donors (Lipinski definition) is 2. The predicted octanol–water partition coefficient (Wildman–Crippen LogP) is 0.797. The van der Waals surface area contributed by atoms with Crippen molar-refractivity contribution in [1.29, 1.82) is 0 Å². The normalized spacial score (nSPS) is 37.6. The third kappa shape index (κ3) is 2.09. The smallest absolute Gasteiger partial charge is 0.249 e. The van der Waals surface area contributed by atoms with Crippen LogP contribution in [0.25, 0.3) is 0 Å². The number of nitrogens with two attached hydrogens (primary N) is 1. The molecular formula is C12H22N2O2. The molecule has 4 heteroatoms. The highest BCUT2D eigenvalue weighted by atomic mass is 16.5. The number of hydrogen-bond acceptors (Lipinski definition) is 3. The standard InChI is InChI=1S/C12H22N2O2/c1-12(2)9(13)7-10(12)14-11(15)8-5-3-4-6-16-8/h8-10H,3-7,13H2,1-2H3,(H,14,15). The molecule has 3 N–H and O–H groups in total. The first kappa shape index (κ1) is 11.9. The van der Waals surface area contributed by atoms with Gasteiger partial charge in [0.05, 0.1) is 0 Å². The van der Waals surface area contributed by atoms with Crippen molar-refractivity contribution < 1.29 is 9.53 Å². The largest absolute Gasteiger partial charge is 0.368 e. The van der Waals surface area contributed by atoms with E-state index in [9.17, 15) is 4.79 Å². The number of rotatable bonds is 2. The van der Waals surface area contributed by atoms with Crippen molar-refractivity contribution in [2.75, 3.05) is 6.61 Å². The summed E-state index contributed by atoms with van der Waals surface area (Å²) in [5.74, 6) is 0.0460. The van der Waals surface area contributed by atoms with Crippen LogP contribution in [-0.2, 0) is 9.53 Å². The lowest BCUT2D eigenvalue weighted by Crippen LogP contribution is -2.65. The molecule has 1 amide bonds. The Bertz CT molecular complexity index is 272. The van der Waals surface area contributed by atoms with Crippen LogP contribution in [0.2, 0.25) is 0 Å². The number of ether oxygens (including phenoxy) is 1. The summed E-state index contributed by atoms with van der Waals surface area (Å²) in [7, 11) is 0. The molecule has 2 fully saturated rings.